The lowest BCUT2D eigenvalue weighted by Gasteiger charge is -2.19. The van der Waals surface area contributed by atoms with E-state index in [1.165, 1.54) is 17.2 Å². The van der Waals surface area contributed by atoms with E-state index in [1.54, 1.807) is 23.7 Å². The molecule has 8 heteroatoms. The van der Waals surface area contributed by atoms with Crippen molar-refractivity contribution in [3.05, 3.63) is 85.5 Å². The normalized spacial score (nSPS) is 11.8. The number of fused-ring (bicyclic) bond motifs is 1. The first-order valence-corrected chi connectivity index (χ1v) is 10.6. The van der Waals surface area contributed by atoms with Crippen molar-refractivity contribution in [1.29, 1.82) is 0 Å². The van der Waals surface area contributed by atoms with E-state index in [0.717, 1.165) is 10.1 Å². The van der Waals surface area contributed by atoms with Crippen molar-refractivity contribution in [3.8, 4) is 11.8 Å². The third kappa shape index (κ3) is 3.96. The Labute approximate surface area is 190 Å². The van der Waals surface area contributed by atoms with Crippen molar-refractivity contribution in [2.45, 2.75) is 32.7 Å². The first kappa shape index (κ1) is 21.9. The molecule has 0 aliphatic carbocycles. The van der Waals surface area contributed by atoms with Crippen LogP contribution in [0, 0.1) is 0 Å². The number of hydrogen-bond donors (Lipinski definition) is 0. The molecule has 0 saturated carbocycles. The van der Waals surface area contributed by atoms with Crippen LogP contribution in [0.4, 0.5) is 0 Å². The Morgan fingerprint density at radius 2 is 1.56 bits per heavy atom. The average Bonchev–Trinajstić information content (AvgIpc) is 3.10. The maximum Gasteiger partial charge on any atom is 0.332 e. The van der Waals surface area contributed by atoms with Crippen LogP contribution in [-0.2, 0) is 26.1 Å². The molecular formula is C24H25ClN4O3. The topological polar surface area (TPSA) is 71.1 Å². The molecule has 0 spiro atoms. The fourth-order valence-electron chi connectivity index (χ4n) is 3.55. The summed E-state index contributed by atoms with van der Waals surface area (Å²) in [7, 11) is 3.04. The van der Waals surface area contributed by atoms with Crippen LogP contribution in [0.15, 0.2) is 58.1 Å². The van der Waals surface area contributed by atoms with E-state index in [-0.39, 0.29) is 17.1 Å². The molecule has 0 aliphatic rings. The summed E-state index contributed by atoms with van der Waals surface area (Å²) in [6.45, 7) is 6.76. The van der Waals surface area contributed by atoms with Crippen LogP contribution in [0.1, 0.15) is 31.9 Å². The summed E-state index contributed by atoms with van der Waals surface area (Å²) in [4.78, 5) is 29.9. The van der Waals surface area contributed by atoms with Crippen molar-refractivity contribution in [1.82, 2.24) is 18.7 Å². The van der Waals surface area contributed by atoms with E-state index in [4.69, 9.17) is 16.3 Å². The largest absolute Gasteiger partial charge is 0.425 e. The van der Waals surface area contributed by atoms with Gasteiger partial charge in [-0.25, -0.2) is 4.79 Å². The van der Waals surface area contributed by atoms with Gasteiger partial charge in [-0.15, -0.1) is 0 Å². The molecule has 0 atom stereocenters. The lowest BCUT2D eigenvalue weighted by Crippen LogP contribution is -2.37. The molecule has 0 bridgehead atoms. The first-order valence-electron chi connectivity index (χ1n) is 10.3. The van der Waals surface area contributed by atoms with E-state index < -0.39 is 11.2 Å². The Kier molecular flexibility index (Phi) is 5.46. The minimum Gasteiger partial charge on any atom is -0.425 e. The van der Waals surface area contributed by atoms with Crippen LogP contribution >= 0.6 is 11.6 Å². The van der Waals surface area contributed by atoms with Gasteiger partial charge in [0.05, 0.1) is 6.54 Å². The van der Waals surface area contributed by atoms with Gasteiger partial charge in [0.2, 0.25) is 0 Å². The molecule has 0 saturated heterocycles. The molecule has 0 fully saturated rings. The molecule has 0 radical (unpaired) electrons. The summed E-state index contributed by atoms with van der Waals surface area (Å²) >= 11 is 6.02. The Balaban J connectivity index is 1.86. The third-order valence-electron chi connectivity index (χ3n) is 5.50. The zero-order valence-corrected chi connectivity index (χ0v) is 19.5. The highest BCUT2D eigenvalue weighted by atomic mass is 35.5. The van der Waals surface area contributed by atoms with Gasteiger partial charge in [0.15, 0.2) is 11.2 Å². The molecule has 166 valence electrons. The van der Waals surface area contributed by atoms with Crippen molar-refractivity contribution in [2.24, 2.45) is 14.1 Å². The Morgan fingerprint density at radius 1 is 0.938 bits per heavy atom. The summed E-state index contributed by atoms with van der Waals surface area (Å²) in [6, 6.07) is 15.3. The van der Waals surface area contributed by atoms with Crippen LogP contribution in [0.25, 0.3) is 11.2 Å². The minimum atomic E-state index is -0.445. The quantitative estimate of drug-likeness (QED) is 0.464. The third-order valence-corrected chi connectivity index (χ3v) is 5.75. The Morgan fingerprint density at radius 3 is 2.16 bits per heavy atom. The van der Waals surface area contributed by atoms with Crippen LogP contribution in [0.3, 0.4) is 0 Å². The number of imidazole rings is 1. The Hall–Kier alpha value is -3.32. The highest BCUT2D eigenvalue weighted by molar-refractivity contribution is 6.30. The standard InChI is InChI=1S/C24H25ClN4O3/c1-24(2,3)16-8-12-18(13-9-16)32-22-26-20-19(21(30)28(5)23(31)27(20)4)29(22)14-15-6-10-17(25)11-7-15/h6-13H,14H2,1-5H3. The van der Waals surface area contributed by atoms with E-state index >= 15 is 0 Å². The summed E-state index contributed by atoms with van der Waals surface area (Å²) < 4.78 is 10.2. The molecule has 0 N–H and O–H groups in total. The number of aromatic nitrogens is 4. The number of nitrogens with zero attached hydrogens (tertiary/aromatic N) is 4. The molecule has 4 rings (SSSR count). The van der Waals surface area contributed by atoms with Gasteiger partial charge in [0.25, 0.3) is 5.56 Å². The second-order valence-electron chi connectivity index (χ2n) is 8.86. The second-order valence-corrected chi connectivity index (χ2v) is 9.30. The SMILES string of the molecule is Cn1c(=O)c2c(nc(Oc3ccc(C(C)(C)C)cc3)n2Cc2ccc(Cl)cc2)n(C)c1=O. The fourth-order valence-corrected chi connectivity index (χ4v) is 3.68. The van der Waals surface area contributed by atoms with Crippen molar-refractivity contribution >= 4 is 22.8 Å². The van der Waals surface area contributed by atoms with Gasteiger partial charge in [0.1, 0.15) is 5.75 Å². The van der Waals surface area contributed by atoms with Gasteiger partial charge < -0.3 is 4.74 Å². The zero-order chi connectivity index (χ0) is 23.2. The smallest absolute Gasteiger partial charge is 0.332 e. The number of halogens is 1. The average molecular weight is 453 g/mol. The molecule has 4 aromatic rings. The van der Waals surface area contributed by atoms with Crippen LogP contribution < -0.4 is 16.0 Å². The van der Waals surface area contributed by atoms with Crippen molar-refractivity contribution in [2.75, 3.05) is 0 Å². The summed E-state index contributed by atoms with van der Waals surface area (Å²) in [5, 5.41) is 0.623. The van der Waals surface area contributed by atoms with Crippen molar-refractivity contribution < 1.29 is 4.74 Å². The molecule has 2 heterocycles. The highest BCUT2D eigenvalue weighted by Gasteiger charge is 2.21. The van der Waals surface area contributed by atoms with Gasteiger partial charge in [-0.3, -0.25) is 18.5 Å². The lowest BCUT2D eigenvalue weighted by atomic mass is 9.87. The van der Waals surface area contributed by atoms with Crippen LogP contribution in [0.5, 0.6) is 11.8 Å². The number of rotatable bonds is 4. The maximum atomic E-state index is 13.0. The molecule has 2 aromatic carbocycles. The van der Waals surface area contributed by atoms with Gasteiger partial charge in [0, 0.05) is 19.1 Å². The van der Waals surface area contributed by atoms with E-state index in [1.807, 2.05) is 36.4 Å². The van der Waals surface area contributed by atoms with Gasteiger partial charge >= 0.3 is 11.7 Å². The molecule has 7 nitrogen and oxygen atoms in total. The first-order chi connectivity index (χ1) is 15.1. The summed E-state index contributed by atoms with van der Waals surface area (Å²) in [5.74, 6) is 0.590. The molecule has 0 aliphatic heterocycles. The van der Waals surface area contributed by atoms with E-state index in [0.29, 0.717) is 22.8 Å². The molecule has 2 aromatic heterocycles. The fraction of sp³-hybridized carbons (Fsp3) is 0.292. The lowest BCUT2D eigenvalue weighted by molar-refractivity contribution is 0.420. The Bertz CT molecular complexity index is 1410. The second kappa shape index (κ2) is 7.98. The summed E-state index contributed by atoms with van der Waals surface area (Å²) in [6.07, 6.45) is 0. The predicted octanol–water partition coefficient (Wildman–Crippen LogP) is 4.23. The maximum absolute atomic E-state index is 13.0. The zero-order valence-electron chi connectivity index (χ0n) is 18.7. The predicted molar refractivity (Wildman–Crippen MR) is 126 cm³/mol. The monoisotopic (exact) mass is 452 g/mol. The van der Waals surface area contributed by atoms with Crippen LogP contribution in [0.2, 0.25) is 5.02 Å². The van der Waals surface area contributed by atoms with E-state index in [9.17, 15) is 9.59 Å². The van der Waals surface area contributed by atoms with Gasteiger partial charge in [-0.1, -0.05) is 56.6 Å². The molecular weight excluding hydrogens is 428 g/mol. The molecule has 0 amide bonds. The number of hydrogen-bond acceptors (Lipinski definition) is 4. The number of ether oxygens (including phenoxy) is 1. The molecule has 0 unspecified atom stereocenters. The summed E-state index contributed by atoms with van der Waals surface area (Å²) in [5.41, 5.74) is 1.81. The van der Waals surface area contributed by atoms with Crippen molar-refractivity contribution in [3.63, 3.8) is 0 Å². The minimum absolute atomic E-state index is 0.0186. The number of aryl methyl sites for hydroxylation is 1. The van der Waals surface area contributed by atoms with Crippen LogP contribution in [-0.4, -0.2) is 18.7 Å². The number of benzene rings is 2. The molecule has 32 heavy (non-hydrogen) atoms. The van der Waals surface area contributed by atoms with Gasteiger partial charge in [-0.2, -0.15) is 4.98 Å². The van der Waals surface area contributed by atoms with E-state index in [2.05, 4.69) is 25.8 Å². The highest BCUT2D eigenvalue weighted by Crippen LogP contribution is 2.28. The van der Waals surface area contributed by atoms with Gasteiger partial charge in [-0.05, 0) is 40.8 Å².